The van der Waals surface area contributed by atoms with Crippen LogP contribution in [0, 0.1) is 0 Å². The standard InChI is InChI=1S/C21H22O5/c1-13(2)7-9-16-18(24)12-19(26-3)20(21(16)25)17(23)10-8-14-5-4-6-15(22)11-14/h4-8,10-12,22,24-25H,9H2,1-3H3/b10-8+. The first kappa shape index (κ1) is 19.1. The Morgan fingerprint density at radius 2 is 1.88 bits per heavy atom. The van der Waals surface area contributed by atoms with E-state index in [0.29, 0.717) is 12.0 Å². The summed E-state index contributed by atoms with van der Waals surface area (Å²) in [7, 11) is 1.36. The van der Waals surface area contributed by atoms with Crippen LogP contribution < -0.4 is 4.74 Å². The second kappa shape index (κ2) is 8.25. The van der Waals surface area contributed by atoms with E-state index < -0.39 is 5.78 Å². The van der Waals surface area contributed by atoms with Gasteiger partial charge in [-0.15, -0.1) is 0 Å². The smallest absolute Gasteiger partial charge is 0.193 e. The molecule has 0 spiro atoms. The molecule has 5 nitrogen and oxygen atoms in total. The van der Waals surface area contributed by atoms with Gasteiger partial charge in [0.1, 0.15) is 28.6 Å². The Balaban J connectivity index is 2.44. The molecule has 0 aromatic heterocycles. The van der Waals surface area contributed by atoms with E-state index in [1.54, 1.807) is 12.1 Å². The maximum atomic E-state index is 12.6. The van der Waals surface area contributed by atoms with E-state index in [1.165, 1.54) is 37.5 Å². The number of phenolic OH excluding ortho intramolecular Hbond substituents is 3. The Kier molecular flexibility index (Phi) is 6.07. The van der Waals surface area contributed by atoms with E-state index in [-0.39, 0.29) is 34.1 Å². The highest BCUT2D eigenvalue weighted by atomic mass is 16.5. The number of allylic oxidation sites excluding steroid dienone is 3. The molecule has 2 aromatic carbocycles. The van der Waals surface area contributed by atoms with Gasteiger partial charge >= 0.3 is 0 Å². The number of hydrogen-bond donors (Lipinski definition) is 3. The number of aromatic hydroxyl groups is 3. The Bertz CT molecular complexity index is 874. The fourth-order valence-electron chi connectivity index (χ4n) is 2.46. The number of rotatable bonds is 6. The third kappa shape index (κ3) is 4.45. The van der Waals surface area contributed by atoms with Crippen LogP contribution in [-0.2, 0) is 6.42 Å². The SMILES string of the molecule is COc1cc(O)c(CC=C(C)C)c(O)c1C(=O)/C=C/c1cccc(O)c1. The molecule has 0 aliphatic rings. The van der Waals surface area contributed by atoms with E-state index in [1.807, 2.05) is 19.9 Å². The van der Waals surface area contributed by atoms with Crippen LogP contribution in [0.15, 0.2) is 48.1 Å². The van der Waals surface area contributed by atoms with Crippen molar-refractivity contribution in [1.29, 1.82) is 0 Å². The van der Waals surface area contributed by atoms with Crippen molar-refractivity contribution in [1.82, 2.24) is 0 Å². The van der Waals surface area contributed by atoms with Crippen LogP contribution in [0.4, 0.5) is 0 Å². The van der Waals surface area contributed by atoms with Crippen LogP contribution in [0.25, 0.3) is 6.08 Å². The lowest BCUT2D eigenvalue weighted by molar-refractivity contribution is 0.104. The predicted molar refractivity (Wildman–Crippen MR) is 101 cm³/mol. The molecule has 0 aliphatic heterocycles. The highest BCUT2D eigenvalue weighted by Crippen LogP contribution is 2.39. The summed E-state index contributed by atoms with van der Waals surface area (Å²) < 4.78 is 5.15. The fraction of sp³-hybridized carbons (Fsp3) is 0.190. The van der Waals surface area contributed by atoms with Crippen molar-refractivity contribution < 1.29 is 24.9 Å². The molecular weight excluding hydrogens is 332 g/mol. The molecule has 2 aromatic rings. The number of benzene rings is 2. The number of phenols is 3. The molecule has 0 heterocycles. The molecule has 0 radical (unpaired) electrons. The Labute approximate surface area is 152 Å². The van der Waals surface area contributed by atoms with Crippen molar-refractivity contribution in [3.8, 4) is 23.0 Å². The second-order valence-electron chi connectivity index (χ2n) is 6.08. The van der Waals surface area contributed by atoms with E-state index in [2.05, 4.69) is 0 Å². The topological polar surface area (TPSA) is 87.0 Å². The van der Waals surface area contributed by atoms with Gasteiger partial charge in [0.05, 0.1) is 7.11 Å². The summed E-state index contributed by atoms with van der Waals surface area (Å²) in [5.74, 6) is -0.725. The van der Waals surface area contributed by atoms with Gasteiger partial charge in [0.2, 0.25) is 0 Å². The normalized spacial score (nSPS) is 10.7. The van der Waals surface area contributed by atoms with Crippen LogP contribution in [0.5, 0.6) is 23.0 Å². The van der Waals surface area contributed by atoms with Gasteiger partial charge in [0.15, 0.2) is 5.78 Å². The zero-order valence-electron chi connectivity index (χ0n) is 15.0. The van der Waals surface area contributed by atoms with Crippen molar-refractivity contribution in [3.63, 3.8) is 0 Å². The van der Waals surface area contributed by atoms with Crippen LogP contribution in [0.1, 0.15) is 35.3 Å². The molecule has 0 atom stereocenters. The first-order valence-electron chi connectivity index (χ1n) is 8.10. The number of carbonyl (C=O) groups excluding carboxylic acids is 1. The Morgan fingerprint density at radius 1 is 1.15 bits per heavy atom. The molecule has 0 amide bonds. The lowest BCUT2D eigenvalue weighted by Crippen LogP contribution is -2.02. The van der Waals surface area contributed by atoms with Gasteiger partial charge in [-0.25, -0.2) is 0 Å². The summed E-state index contributed by atoms with van der Waals surface area (Å²) in [6.45, 7) is 3.81. The first-order valence-corrected chi connectivity index (χ1v) is 8.10. The maximum Gasteiger partial charge on any atom is 0.193 e. The summed E-state index contributed by atoms with van der Waals surface area (Å²) in [4.78, 5) is 12.6. The molecule has 136 valence electrons. The third-order valence-corrected chi connectivity index (χ3v) is 3.82. The summed E-state index contributed by atoms with van der Waals surface area (Å²) in [5.41, 5.74) is 1.91. The van der Waals surface area contributed by atoms with Gasteiger partial charge in [-0.1, -0.05) is 29.9 Å². The zero-order chi connectivity index (χ0) is 19.3. The quantitative estimate of drug-likeness (QED) is 0.411. The summed E-state index contributed by atoms with van der Waals surface area (Å²) in [5, 5.41) is 30.2. The second-order valence-corrected chi connectivity index (χ2v) is 6.08. The van der Waals surface area contributed by atoms with Gasteiger partial charge < -0.3 is 20.1 Å². The van der Waals surface area contributed by atoms with Gasteiger partial charge in [-0.3, -0.25) is 4.79 Å². The highest BCUT2D eigenvalue weighted by Gasteiger charge is 2.21. The van der Waals surface area contributed by atoms with E-state index in [4.69, 9.17) is 4.74 Å². The van der Waals surface area contributed by atoms with E-state index in [0.717, 1.165) is 5.57 Å². The van der Waals surface area contributed by atoms with E-state index in [9.17, 15) is 20.1 Å². The van der Waals surface area contributed by atoms with Crippen LogP contribution >= 0.6 is 0 Å². The average molecular weight is 354 g/mol. The average Bonchev–Trinajstić information content (AvgIpc) is 2.58. The lowest BCUT2D eigenvalue weighted by Gasteiger charge is -2.13. The summed E-state index contributed by atoms with van der Waals surface area (Å²) >= 11 is 0. The molecule has 2 rings (SSSR count). The molecule has 0 unspecified atom stereocenters. The zero-order valence-corrected chi connectivity index (χ0v) is 15.0. The Morgan fingerprint density at radius 3 is 2.50 bits per heavy atom. The monoisotopic (exact) mass is 354 g/mol. The summed E-state index contributed by atoms with van der Waals surface area (Å²) in [6, 6.07) is 7.76. The van der Waals surface area contributed by atoms with Gasteiger partial charge in [0.25, 0.3) is 0 Å². The molecule has 0 fully saturated rings. The van der Waals surface area contributed by atoms with Gasteiger partial charge in [-0.05, 0) is 44.0 Å². The van der Waals surface area contributed by atoms with Crippen molar-refractivity contribution >= 4 is 11.9 Å². The van der Waals surface area contributed by atoms with Crippen molar-refractivity contribution in [2.75, 3.05) is 7.11 Å². The minimum Gasteiger partial charge on any atom is -0.508 e. The first-order chi connectivity index (χ1) is 12.3. The minimum absolute atomic E-state index is 0.0149. The minimum atomic E-state index is -0.471. The van der Waals surface area contributed by atoms with Crippen molar-refractivity contribution in [2.24, 2.45) is 0 Å². The number of ether oxygens (including phenoxy) is 1. The molecule has 0 aliphatic carbocycles. The van der Waals surface area contributed by atoms with Crippen molar-refractivity contribution in [3.05, 3.63) is 64.7 Å². The number of ketones is 1. The maximum absolute atomic E-state index is 12.6. The molecular formula is C21H22O5. The molecule has 5 heteroatoms. The number of hydrogen-bond acceptors (Lipinski definition) is 5. The van der Waals surface area contributed by atoms with Crippen LogP contribution in [0.3, 0.4) is 0 Å². The lowest BCUT2D eigenvalue weighted by atomic mass is 9.99. The largest absolute Gasteiger partial charge is 0.508 e. The summed E-state index contributed by atoms with van der Waals surface area (Å²) in [6.07, 6.45) is 4.95. The van der Waals surface area contributed by atoms with Gasteiger partial charge in [0, 0.05) is 11.6 Å². The Hall–Kier alpha value is -3.21. The number of carbonyl (C=O) groups is 1. The van der Waals surface area contributed by atoms with E-state index >= 15 is 0 Å². The highest BCUT2D eigenvalue weighted by molar-refractivity contribution is 6.11. The predicted octanol–water partition coefficient (Wildman–Crippen LogP) is 4.22. The molecule has 26 heavy (non-hydrogen) atoms. The molecule has 0 saturated heterocycles. The van der Waals surface area contributed by atoms with Crippen molar-refractivity contribution in [2.45, 2.75) is 20.3 Å². The van der Waals surface area contributed by atoms with Gasteiger partial charge in [-0.2, -0.15) is 0 Å². The molecule has 3 N–H and O–H groups in total. The van der Waals surface area contributed by atoms with Crippen LogP contribution in [0.2, 0.25) is 0 Å². The van der Waals surface area contributed by atoms with Crippen LogP contribution in [-0.4, -0.2) is 28.2 Å². The fourth-order valence-corrected chi connectivity index (χ4v) is 2.46. The number of methoxy groups -OCH3 is 1. The molecule has 0 bridgehead atoms. The third-order valence-electron chi connectivity index (χ3n) is 3.82. The molecule has 0 saturated carbocycles.